The lowest BCUT2D eigenvalue weighted by Gasteiger charge is -2.31. The van der Waals surface area contributed by atoms with Gasteiger partial charge in [0, 0.05) is 46.6 Å². The summed E-state index contributed by atoms with van der Waals surface area (Å²) in [6.45, 7) is 3.35. The first-order valence-corrected chi connectivity index (χ1v) is 16.5. The van der Waals surface area contributed by atoms with E-state index in [1.807, 2.05) is 79.7 Å². The Bertz CT molecular complexity index is 1760. The molecule has 2 atom stereocenters. The van der Waals surface area contributed by atoms with Crippen LogP contribution >= 0.6 is 15.9 Å². The van der Waals surface area contributed by atoms with Gasteiger partial charge in [0.2, 0.25) is 5.90 Å². The van der Waals surface area contributed by atoms with E-state index in [4.69, 9.17) is 24.3 Å². The number of amides is 1. The predicted molar refractivity (Wildman–Crippen MR) is 187 cm³/mol. The number of ether oxygens (including phenoxy) is 3. The summed E-state index contributed by atoms with van der Waals surface area (Å²) in [6, 6.07) is 29.7. The van der Waals surface area contributed by atoms with Gasteiger partial charge >= 0.3 is 0 Å². The van der Waals surface area contributed by atoms with Crippen LogP contribution in [0.5, 0.6) is 11.5 Å². The minimum absolute atomic E-state index is 0.0442. The van der Waals surface area contributed by atoms with Crippen LogP contribution in [0.1, 0.15) is 41.7 Å². The van der Waals surface area contributed by atoms with Crippen molar-refractivity contribution in [1.29, 1.82) is 0 Å². The Balaban J connectivity index is 1.50. The van der Waals surface area contributed by atoms with Crippen LogP contribution in [0.4, 0.5) is 5.69 Å². The third-order valence-electron chi connectivity index (χ3n) is 7.80. The van der Waals surface area contributed by atoms with Crippen molar-refractivity contribution in [1.82, 2.24) is 10.9 Å². The molecule has 4 aromatic rings. The second-order valence-corrected chi connectivity index (χ2v) is 11.9. The average Bonchev–Trinajstić information content (AvgIpc) is 3.49. The summed E-state index contributed by atoms with van der Waals surface area (Å²) in [4.78, 5) is 22.6. The van der Waals surface area contributed by atoms with Gasteiger partial charge in [-0.2, -0.15) is 0 Å². The van der Waals surface area contributed by atoms with Crippen molar-refractivity contribution in [3.8, 4) is 11.5 Å². The van der Waals surface area contributed by atoms with Crippen molar-refractivity contribution in [2.75, 3.05) is 26.4 Å². The van der Waals surface area contributed by atoms with Crippen molar-refractivity contribution >= 4 is 33.4 Å². The zero-order valence-electron chi connectivity index (χ0n) is 26.5. The van der Waals surface area contributed by atoms with Crippen LogP contribution in [0.3, 0.4) is 0 Å². The van der Waals surface area contributed by atoms with Gasteiger partial charge in [0.05, 0.1) is 13.2 Å². The van der Waals surface area contributed by atoms with Gasteiger partial charge in [-0.25, -0.2) is 10.4 Å². The molecule has 0 unspecified atom stereocenters. The van der Waals surface area contributed by atoms with Crippen molar-refractivity contribution in [3.63, 3.8) is 0 Å². The van der Waals surface area contributed by atoms with Gasteiger partial charge in [-0.05, 0) is 78.0 Å². The Hall–Kier alpha value is -4.87. The Kier molecular flexibility index (Phi) is 12.1. The number of hydrogen-bond acceptors (Lipinski definition) is 8. The first kappa shape index (κ1) is 34.5. The van der Waals surface area contributed by atoms with E-state index in [1.165, 1.54) is 0 Å². The largest absolute Gasteiger partial charge is 0.494 e. The normalized spacial score (nSPS) is 16.7. The first-order valence-electron chi connectivity index (χ1n) is 15.7. The highest BCUT2D eigenvalue weighted by atomic mass is 79.9. The Morgan fingerprint density at radius 2 is 1.75 bits per heavy atom. The first-order chi connectivity index (χ1) is 23.5. The fourth-order valence-corrected chi connectivity index (χ4v) is 5.74. The number of hydrazine groups is 1. The van der Waals surface area contributed by atoms with E-state index in [-0.39, 0.29) is 18.9 Å². The number of azide groups is 1. The second-order valence-electron chi connectivity index (χ2n) is 11.0. The van der Waals surface area contributed by atoms with Crippen LogP contribution in [0, 0.1) is 0 Å². The van der Waals surface area contributed by atoms with E-state index < -0.39 is 17.6 Å². The van der Waals surface area contributed by atoms with Crippen LogP contribution < -0.4 is 20.3 Å². The lowest BCUT2D eigenvalue weighted by atomic mass is 9.81. The summed E-state index contributed by atoms with van der Waals surface area (Å²) >= 11 is 3.51. The number of carbonyl (C=O) groups is 1. The molecule has 0 bridgehead atoms. The molecular formula is C36H37BrN6O5. The van der Waals surface area contributed by atoms with E-state index >= 15 is 0 Å². The van der Waals surface area contributed by atoms with Crippen LogP contribution in [-0.2, 0) is 22.4 Å². The summed E-state index contributed by atoms with van der Waals surface area (Å²) < 4.78 is 18.9. The number of aliphatic hydroxyl groups excluding tert-OH is 1. The number of nitrogens with one attached hydrogen (secondary N) is 2. The molecule has 0 aliphatic carbocycles. The number of carbonyl (C=O) groups excluding carboxylic acids is 1. The zero-order chi connectivity index (χ0) is 33.8. The maximum Gasteiger partial charge on any atom is 0.266 e. The number of rotatable bonds is 16. The van der Waals surface area contributed by atoms with Crippen LogP contribution in [0.25, 0.3) is 10.4 Å². The van der Waals surface area contributed by atoms with Gasteiger partial charge in [0.25, 0.3) is 5.91 Å². The van der Waals surface area contributed by atoms with E-state index in [1.54, 1.807) is 24.3 Å². The molecule has 1 heterocycles. The van der Waals surface area contributed by atoms with Crippen molar-refractivity contribution in [2.24, 2.45) is 10.1 Å². The molecule has 12 heteroatoms. The number of aliphatic hydroxyl groups is 1. The SMILES string of the molecule is CCOc1ccccc1CCNNC(=O)[C@@]1(Cc2ccccc2N=[N+]=[N-])N=C(c2ccc(OCCCO)cc2)O[C@H]1c1ccc(Br)cc1. The molecule has 0 saturated carbocycles. The van der Waals surface area contributed by atoms with Gasteiger partial charge in [0.1, 0.15) is 11.5 Å². The average molecular weight is 714 g/mol. The molecule has 248 valence electrons. The monoisotopic (exact) mass is 712 g/mol. The topological polar surface area (TPSA) is 150 Å². The zero-order valence-corrected chi connectivity index (χ0v) is 28.1. The molecule has 0 aromatic heterocycles. The number of hydrogen-bond donors (Lipinski definition) is 3. The molecule has 0 spiro atoms. The fourth-order valence-electron chi connectivity index (χ4n) is 5.47. The molecule has 3 N–H and O–H groups in total. The highest BCUT2D eigenvalue weighted by molar-refractivity contribution is 9.10. The van der Waals surface area contributed by atoms with Gasteiger partial charge in [-0.3, -0.25) is 10.2 Å². The smallest absolute Gasteiger partial charge is 0.266 e. The van der Waals surface area contributed by atoms with Gasteiger partial charge in [-0.1, -0.05) is 75.6 Å². The highest BCUT2D eigenvalue weighted by Gasteiger charge is 2.53. The summed E-state index contributed by atoms with van der Waals surface area (Å²) in [5.74, 6) is 1.31. The van der Waals surface area contributed by atoms with E-state index in [9.17, 15) is 10.3 Å². The lowest BCUT2D eigenvalue weighted by Crippen LogP contribution is -2.54. The lowest BCUT2D eigenvalue weighted by molar-refractivity contribution is -0.130. The molecule has 1 aliphatic heterocycles. The molecule has 11 nitrogen and oxygen atoms in total. The number of halogens is 1. The van der Waals surface area contributed by atoms with E-state index in [0.29, 0.717) is 55.2 Å². The summed E-state index contributed by atoms with van der Waals surface area (Å²) in [5, 5.41) is 13.0. The van der Waals surface area contributed by atoms with Crippen LogP contribution in [0.15, 0.2) is 112 Å². The van der Waals surface area contributed by atoms with Gasteiger partial charge < -0.3 is 19.3 Å². The predicted octanol–water partition coefficient (Wildman–Crippen LogP) is 6.91. The minimum Gasteiger partial charge on any atom is -0.494 e. The van der Waals surface area contributed by atoms with Crippen LogP contribution in [-0.4, -0.2) is 48.8 Å². The minimum atomic E-state index is -1.50. The number of para-hydroxylation sites is 1. The van der Waals surface area contributed by atoms with Gasteiger partial charge in [0.15, 0.2) is 11.6 Å². The maximum absolute atomic E-state index is 14.5. The summed E-state index contributed by atoms with van der Waals surface area (Å²) in [5.41, 5.74) is 17.2. The molecule has 0 fully saturated rings. The van der Waals surface area contributed by atoms with Crippen LogP contribution in [0.2, 0.25) is 0 Å². The molecule has 48 heavy (non-hydrogen) atoms. The molecule has 5 rings (SSSR count). The molecule has 1 aliphatic rings. The third-order valence-corrected chi connectivity index (χ3v) is 8.33. The van der Waals surface area contributed by atoms with Gasteiger partial charge in [-0.15, -0.1) is 0 Å². The molecular weight excluding hydrogens is 676 g/mol. The van der Waals surface area contributed by atoms with Crippen molar-refractivity contribution in [3.05, 3.63) is 134 Å². The molecule has 0 radical (unpaired) electrons. The third kappa shape index (κ3) is 8.34. The second kappa shape index (κ2) is 16.8. The number of aliphatic imine (C=N–C) groups is 1. The number of benzene rings is 4. The van der Waals surface area contributed by atoms with E-state index in [2.05, 4.69) is 36.8 Å². The molecule has 4 aromatic carbocycles. The maximum atomic E-state index is 14.5. The van der Waals surface area contributed by atoms with E-state index in [0.717, 1.165) is 21.3 Å². The molecule has 0 saturated heterocycles. The standard InChI is InChI=1S/C36H37BrN6O5/c1-2-46-32-11-6-4-8-25(32)20-21-39-42-35(45)36(24-28-9-3-5-10-31(28)41-43-38)33(26-12-16-29(37)17-13-26)48-34(40-36)27-14-18-30(19-15-27)47-23-7-22-44/h3-6,8-19,33,39,44H,2,7,20-24H2,1H3,(H,42,45)/t33-,36-/m0/s1. The number of nitrogens with zero attached hydrogens (tertiary/aromatic N) is 4. The highest BCUT2D eigenvalue weighted by Crippen LogP contribution is 2.44. The quantitative estimate of drug-likeness (QED) is 0.0378. The fraction of sp³-hybridized carbons (Fsp3) is 0.278. The Morgan fingerprint density at radius 1 is 1.02 bits per heavy atom. The molecule has 1 amide bonds. The Labute approximate surface area is 287 Å². The summed E-state index contributed by atoms with van der Waals surface area (Å²) in [7, 11) is 0. The Morgan fingerprint density at radius 3 is 2.48 bits per heavy atom. The van der Waals surface area contributed by atoms with Crippen molar-refractivity contribution < 1.29 is 24.1 Å². The van der Waals surface area contributed by atoms with Crippen molar-refractivity contribution in [2.45, 2.75) is 37.8 Å². The summed E-state index contributed by atoms with van der Waals surface area (Å²) in [6.07, 6.45) is 0.377.